The van der Waals surface area contributed by atoms with Crippen LogP contribution in [0.3, 0.4) is 0 Å². The topological polar surface area (TPSA) is 41.5 Å². The van der Waals surface area contributed by atoms with Crippen molar-refractivity contribution in [3.05, 3.63) is 23.9 Å². The molecule has 24 heavy (non-hydrogen) atoms. The lowest BCUT2D eigenvalue weighted by Gasteiger charge is -2.40. The van der Waals surface area contributed by atoms with Crippen molar-refractivity contribution in [2.45, 2.75) is 26.2 Å². The van der Waals surface area contributed by atoms with Gasteiger partial charge in [0.1, 0.15) is 5.75 Å². The molecule has 5 nitrogen and oxygen atoms in total. The highest BCUT2D eigenvalue weighted by Gasteiger charge is 2.40. The molecular weight excluding hydrogens is 300 g/mol. The van der Waals surface area contributed by atoms with Crippen LogP contribution in [0.25, 0.3) is 10.9 Å². The van der Waals surface area contributed by atoms with Crippen LogP contribution in [-0.4, -0.2) is 55.2 Å². The highest BCUT2D eigenvalue weighted by Crippen LogP contribution is 2.39. The average molecular weight is 326 g/mol. The molecule has 2 aliphatic heterocycles. The monoisotopic (exact) mass is 326 g/mol. The first kappa shape index (κ1) is 15.6. The summed E-state index contributed by atoms with van der Waals surface area (Å²) in [6, 6.07) is 6.04. The van der Waals surface area contributed by atoms with Gasteiger partial charge in [0.25, 0.3) is 0 Å². The second kappa shape index (κ2) is 5.88. The number of ether oxygens (including phenoxy) is 1. The molecule has 2 fully saturated rings. The Morgan fingerprint density at radius 3 is 2.75 bits per heavy atom. The molecule has 0 radical (unpaired) electrons. The number of anilines is 1. The molecule has 4 rings (SSSR count). The summed E-state index contributed by atoms with van der Waals surface area (Å²) in [5.74, 6) is 1.72. The Kier molecular flexibility index (Phi) is 3.83. The van der Waals surface area contributed by atoms with Gasteiger partial charge in [0.15, 0.2) is 0 Å². The zero-order valence-electron chi connectivity index (χ0n) is 14.9. The van der Waals surface area contributed by atoms with E-state index in [1.54, 1.807) is 7.11 Å². The van der Waals surface area contributed by atoms with Crippen LogP contribution >= 0.6 is 0 Å². The van der Waals surface area contributed by atoms with Gasteiger partial charge in [-0.05, 0) is 51.9 Å². The number of likely N-dealkylation sites (tertiary alicyclic amines) is 1. The number of piperidine rings is 1. The van der Waals surface area contributed by atoms with E-state index in [2.05, 4.69) is 29.8 Å². The van der Waals surface area contributed by atoms with Crippen molar-refractivity contribution >= 4 is 16.9 Å². The van der Waals surface area contributed by atoms with Gasteiger partial charge in [0.2, 0.25) is 5.95 Å². The largest absolute Gasteiger partial charge is 0.497 e. The number of hydrogen-bond acceptors (Lipinski definition) is 5. The van der Waals surface area contributed by atoms with Gasteiger partial charge in [-0.2, -0.15) is 0 Å². The van der Waals surface area contributed by atoms with Gasteiger partial charge in [0.05, 0.1) is 18.3 Å². The standard InChI is InChI=1S/C19H26N4O/c1-14-16-6-5-15(24-3)11-17(16)21-18(20-14)23-9-4-7-19(13-23)8-10-22(2)12-19/h5-6,11H,4,7-10,12-13H2,1-3H3/t19-/m0/s1. The van der Waals surface area contributed by atoms with Crippen molar-refractivity contribution < 1.29 is 4.74 Å². The second-order valence-corrected chi connectivity index (χ2v) is 7.50. The molecule has 3 heterocycles. The van der Waals surface area contributed by atoms with Gasteiger partial charge < -0.3 is 14.5 Å². The summed E-state index contributed by atoms with van der Waals surface area (Å²) in [5.41, 5.74) is 2.44. The van der Waals surface area contributed by atoms with Gasteiger partial charge in [-0.25, -0.2) is 9.97 Å². The number of rotatable bonds is 2. The SMILES string of the molecule is COc1ccc2c(C)nc(N3CCC[C@@]4(CCN(C)C4)C3)nc2c1. The minimum absolute atomic E-state index is 0.424. The van der Waals surface area contributed by atoms with E-state index in [-0.39, 0.29) is 0 Å². The number of benzene rings is 1. The first-order valence-corrected chi connectivity index (χ1v) is 8.84. The normalized spacial score (nSPS) is 24.9. The van der Waals surface area contributed by atoms with E-state index in [0.29, 0.717) is 5.41 Å². The minimum atomic E-state index is 0.424. The lowest BCUT2D eigenvalue weighted by molar-refractivity contribution is 0.233. The lowest BCUT2D eigenvalue weighted by Crippen LogP contribution is -2.45. The van der Waals surface area contributed by atoms with E-state index in [0.717, 1.165) is 41.4 Å². The van der Waals surface area contributed by atoms with E-state index < -0.39 is 0 Å². The van der Waals surface area contributed by atoms with Crippen LogP contribution in [0.2, 0.25) is 0 Å². The van der Waals surface area contributed by atoms with E-state index in [1.807, 2.05) is 12.1 Å². The molecule has 1 spiro atoms. The van der Waals surface area contributed by atoms with Gasteiger partial charge >= 0.3 is 0 Å². The molecule has 2 aliphatic rings. The number of aromatic nitrogens is 2. The lowest BCUT2D eigenvalue weighted by atomic mass is 9.79. The molecule has 1 atom stereocenters. The number of aryl methyl sites for hydroxylation is 1. The minimum Gasteiger partial charge on any atom is -0.497 e. The molecule has 5 heteroatoms. The van der Waals surface area contributed by atoms with Crippen molar-refractivity contribution in [1.82, 2.24) is 14.9 Å². The van der Waals surface area contributed by atoms with Crippen LogP contribution in [0, 0.1) is 12.3 Å². The maximum atomic E-state index is 5.36. The average Bonchev–Trinajstić information content (AvgIpc) is 2.94. The smallest absolute Gasteiger partial charge is 0.226 e. The fraction of sp³-hybridized carbons (Fsp3) is 0.579. The summed E-state index contributed by atoms with van der Waals surface area (Å²) in [5, 5.41) is 1.10. The number of nitrogens with zero attached hydrogens (tertiary/aromatic N) is 4. The third-order valence-corrected chi connectivity index (χ3v) is 5.66. The number of methoxy groups -OCH3 is 1. The van der Waals surface area contributed by atoms with Crippen molar-refractivity contribution in [2.75, 3.05) is 45.2 Å². The Morgan fingerprint density at radius 2 is 2.00 bits per heavy atom. The molecule has 0 saturated carbocycles. The van der Waals surface area contributed by atoms with Gasteiger partial charge in [-0.1, -0.05) is 0 Å². The quantitative estimate of drug-likeness (QED) is 0.849. The molecule has 0 unspecified atom stereocenters. The van der Waals surface area contributed by atoms with Crippen molar-refractivity contribution in [3.63, 3.8) is 0 Å². The zero-order chi connectivity index (χ0) is 16.7. The van der Waals surface area contributed by atoms with E-state index in [1.165, 1.54) is 32.4 Å². The summed E-state index contributed by atoms with van der Waals surface area (Å²) in [6.45, 7) is 6.61. The van der Waals surface area contributed by atoms with Crippen LogP contribution < -0.4 is 9.64 Å². The molecular formula is C19H26N4O. The summed E-state index contributed by atoms with van der Waals surface area (Å²) >= 11 is 0. The molecule has 1 aromatic carbocycles. The van der Waals surface area contributed by atoms with Gasteiger partial charge in [-0.3, -0.25) is 0 Å². The fourth-order valence-corrected chi connectivity index (χ4v) is 4.39. The molecule has 2 aromatic rings. The zero-order valence-corrected chi connectivity index (χ0v) is 14.9. The van der Waals surface area contributed by atoms with Crippen LogP contribution in [0.4, 0.5) is 5.95 Å². The Morgan fingerprint density at radius 1 is 1.12 bits per heavy atom. The highest BCUT2D eigenvalue weighted by molar-refractivity contribution is 5.83. The molecule has 128 valence electrons. The van der Waals surface area contributed by atoms with Crippen LogP contribution in [-0.2, 0) is 0 Å². The predicted octanol–water partition coefficient (Wildman–Crippen LogP) is 2.87. The number of fused-ring (bicyclic) bond motifs is 1. The molecule has 1 aromatic heterocycles. The first-order chi connectivity index (χ1) is 11.6. The number of hydrogen-bond donors (Lipinski definition) is 0. The first-order valence-electron chi connectivity index (χ1n) is 8.84. The van der Waals surface area contributed by atoms with Gasteiger partial charge in [-0.15, -0.1) is 0 Å². The fourth-order valence-electron chi connectivity index (χ4n) is 4.39. The van der Waals surface area contributed by atoms with E-state index >= 15 is 0 Å². The molecule has 0 amide bonds. The van der Waals surface area contributed by atoms with E-state index in [4.69, 9.17) is 14.7 Å². The van der Waals surface area contributed by atoms with Crippen molar-refractivity contribution in [1.29, 1.82) is 0 Å². The summed E-state index contributed by atoms with van der Waals surface area (Å²) in [7, 11) is 3.93. The van der Waals surface area contributed by atoms with Crippen LogP contribution in [0.5, 0.6) is 5.75 Å². The Balaban J connectivity index is 1.68. The van der Waals surface area contributed by atoms with Crippen LogP contribution in [0.1, 0.15) is 25.0 Å². The Bertz CT molecular complexity index is 758. The van der Waals surface area contributed by atoms with Crippen molar-refractivity contribution in [3.8, 4) is 5.75 Å². The van der Waals surface area contributed by atoms with Crippen molar-refractivity contribution in [2.24, 2.45) is 5.41 Å². The predicted molar refractivity (Wildman–Crippen MR) is 96.8 cm³/mol. The van der Waals surface area contributed by atoms with Gasteiger partial charge in [0, 0.05) is 36.5 Å². The molecule has 0 aliphatic carbocycles. The third-order valence-electron chi connectivity index (χ3n) is 5.66. The molecule has 2 saturated heterocycles. The van der Waals surface area contributed by atoms with Crippen LogP contribution in [0.15, 0.2) is 18.2 Å². The molecule has 0 N–H and O–H groups in total. The summed E-state index contributed by atoms with van der Waals surface area (Å²) < 4.78 is 5.36. The molecule has 0 bridgehead atoms. The Labute approximate surface area is 143 Å². The summed E-state index contributed by atoms with van der Waals surface area (Å²) in [6.07, 6.45) is 3.85. The highest BCUT2D eigenvalue weighted by atomic mass is 16.5. The second-order valence-electron chi connectivity index (χ2n) is 7.50. The Hall–Kier alpha value is -1.88. The third kappa shape index (κ3) is 2.71. The van der Waals surface area contributed by atoms with E-state index in [9.17, 15) is 0 Å². The maximum Gasteiger partial charge on any atom is 0.226 e. The maximum absolute atomic E-state index is 5.36. The summed E-state index contributed by atoms with van der Waals surface area (Å²) in [4.78, 5) is 14.5.